The molecule has 10 heteroatoms. The van der Waals surface area contributed by atoms with E-state index >= 15 is 0 Å². The van der Waals surface area contributed by atoms with Crippen LogP contribution in [-0.4, -0.2) is 50.4 Å². The third kappa shape index (κ3) is 21.5. The van der Waals surface area contributed by atoms with Crippen LogP contribution in [0, 0.1) is 0 Å². The zero-order chi connectivity index (χ0) is 21.8. The van der Waals surface area contributed by atoms with Crippen LogP contribution in [0.1, 0.15) is 53.2 Å². The van der Waals surface area contributed by atoms with Gasteiger partial charge >= 0.3 is 5.97 Å². The molecule has 0 fully saturated rings. The van der Waals surface area contributed by atoms with Crippen LogP contribution in [0.5, 0.6) is 11.5 Å². The van der Waals surface area contributed by atoms with E-state index in [1.54, 1.807) is 0 Å². The third-order valence-electron chi connectivity index (χ3n) is 2.42. The van der Waals surface area contributed by atoms with Gasteiger partial charge in [0.15, 0.2) is 0 Å². The molecule has 0 aliphatic rings. The summed E-state index contributed by atoms with van der Waals surface area (Å²) in [6, 6.07) is 4.17. The molecule has 0 spiro atoms. The highest BCUT2D eigenvalue weighted by atomic mass is 35.5. The predicted molar refractivity (Wildman–Crippen MR) is 106 cm³/mol. The first-order valence-corrected chi connectivity index (χ1v) is 7.98. The van der Waals surface area contributed by atoms with E-state index < -0.39 is 24.0 Å². The van der Waals surface area contributed by atoms with Crippen molar-refractivity contribution in [3.8, 4) is 11.5 Å². The lowest BCUT2D eigenvalue weighted by atomic mass is 10.1. The van der Waals surface area contributed by atoms with Crippen LogP contribution in [0.2, 0.25) is 0 Å². The molecule has 0 aromatic heterocycles. The molecule has 9 nitrogen and oxygen atoms in total. The maximum atomic E-state index is 11.1. The van der Waals surface area contributed by atoms with Crippen molar-refractivity contribution >= 4 is 30.3 Å². The minimum Gasteiger partial charge on any atom is -0.508 e. The Balaban J connectivity index is -0.000000590. The van der Waals surface area contributed by atoms with Gasteiger partial charge in [-0.25, -0.2) is 0 Å². The van der Waals surface area contributed by atoms with Gasteiger partial charge in [0.25, 0.3) is 11.9 Å². The fraction of sp³-hybridized carbons (Fsp3) is 0.500. The quantitative estimate of drug-likeness (QED) is 0.459. The van der Waals surface area contributed by atoms with Gasteiger partial charge in [0.1, 0.15) is 17.6 Å². The van der Waals surface area contributed by atoms with Crippen LogP contribution in [0.4, 0.5) is 0 Å². The van der Waals surface area contributed by atoms with Crippen molar-refractivity contribution in [3.05, 3.63) is 23.8 Å². The molecule has 1 aromatic carbocycles. The minimum absolute atomic E-state index is 0. The van der Waals surface area contributed by atoms with E-state index in [-0.39, 0.29) is 29.4 Å². The van der Waals surface area contributed by atoms with Gasteiger partial charge < -0.3 is 30.5 Å². The number of carboxylic acids is 2. The number of phenols is 2. The van der Waals surface area contributed by atoms with Crippen molar-refractivity contribution in [3.63, 3.8) is 0 Å². The number of nitrogens with one attached hydrogen (secondary N) is 1. The largest absolute Gasteiger partial charge is 0.508 e. The Morgan fingerprint density at radius 1 is 0.964 bits per heavy atom. The Bertz CT molecular complexity index is 588. The molecule has 0 radical (unpaired) electrons. The van der Waals surface area contributed by atoms with Gasteiger partial charge in [-0.05, 0) is 32.9 Å². The summed E-state index contributed by atoms with van der Waals surface area (Å²) in [5.41, 5.74) is 0.418. The Morgan fingerprint density at radius 3 is 1.61 bits per heavy atom. The Hall–Kier alpha value is -2.52. The summed E-state index contributed by atoms with van der Waals surface area (Å²) in [6.45, 7) is 9.88. The average Bonchev–Trinajstić information content (AvgIpc) is 2.39. The average molecular weight is 424 g/mol. The summed E-state index contributed by atoms with van der Waals surface area (Å²) < 4.78 is 5.22. The van der Waals surface area contributed by atoms with Crippen LogP contribution in [0.25, 0.3) is 0 Å². The number of hydrogen-bond donors (Lipinski definition) is 5. The van der Waals surface area contributed by atoms with Gasteiger partial charge in [-0.1, -0.05) is 0 Å². The van der Waals surface area contributed by atoms with Gasteiger partial charge in [0.05, 0.1) is 0 Å². The highest BCUT2D eigenvalue weighted by Gasteiger charge is 2.19. The molecule has 1 atom stereocenters. The second-order valence-electron chi connectivity index (χ2n) is 6.55. The Labute approximate surface area is 170 Å². The fourth-order valence-corrected chi connectivity index (χ4v) is 1.63. The number of phenolic OH excluding ortho intramolecular Hbond substituents is 2. The van der Waals surface area contributed by atoms with Crippen LogP contribution >= 0.6 is 12.4 Å². The first-order valence-electron chi connectivity index (χ1n) is 7.98. The molecule has 0 saturated heterocycles. The van der Waals surface area contributed by atoms with E-state index in [0.29, 0.717) is 12.1 Å². The first-order chi connectivity index (χ1) is 12.1. The summed E-state index contributed by atoms with van der Waals surface area (Å²) in [4.78, 5) is 29.1. The molecule has 1 unspecified atom stereocenters. The molecule has 0 aliphatic heterocycles. The second-order valence-corrected chi connectivity index (χ2v) is 6.55. The minimum atomic E-state index is -0.833. The number of aliphatic carboxylic acids is 2. The van der Waals surface area contributed by atoms with Crippen molar-refractivity contribution in [1.82, 2.24) is 5.32 Å². The number of benzene rings is 1. The third-order valence-corrected chi connectivity index (χ3v) is 2.42. The number of carboxylic acid groups (broad SMARTS) is 2. The first kappa shape index (κ1) is 30.2. The lowest BCUT2D eigenvalue weighted by Gasteiger charge is -2.25. The SMILES string of the molecule is CC(=O)O.CC(=O)O.CC(=O)OC(CNC(C)(C)C)c1cc(O)cc(O)c1.Cl. The molecule has 28 heavy (non-hydrogen) atoms. The molecule has 5 N–H and O–H groups in total. The maximum absolute atomic E-state index is 11.1. The molecule has 0 bridgehead atoms. The molecule has 0 saturated carbocycles. The number of carbonyl (C=O) groups excluding carboxylic acids is 1. The van der Waals surface area contributed by atoms with Crippen molar-refractivity contribution in [2.75, 3.05) is 6.54 Å². The molecular formula is C18H30ClNO8. The van der Waals surface area contributed by atoms with Crippen LogP contribution in [0.15, 0.2) is 18.2 Å². The maximum Gasteiger partial charge on any atom is 0.303 e. The van der Waals surface area contributed by atoms with E-state index in [4.69, 9.17) is 24.5 Å². The predicted octanol–water partition coefficient (Wildman–Crippen LogP) is 2.69. The van der Waals surface area contributed by atoms with E-state index in [1.807, 2.05) is 20.8 Å². The number of rotatable bonds is 4. The van der Waals surface area contributed by atoms with Crippen molar-refractivity contribution in [2.24, 2.45) is 0 Å². The number of ether oxygens (including phenoxy) is 1. The Morgan fingerprint density at radius 2 is 1.32 bits per heavy atom. The number of halogens is 1. The zero-order valence-electron chi connectivity index (χ0n) is 16.8. The van der Waals surface area contributed by atoms with Crippen LogP contribution in [0.3, 0.4) is 0 Å². The zero-order valence-corrected chi connectivity index (χ0v) is 17.7. The van der Waals surface area contributed by atoms with Crippen molar-refractivity contribution < 1.29 is 39.5 Å². The summed E-state index contributed by atoms with van der Waals surface area (Å²) in [5, 5.41) is 37.0. The standard InChI is InChI=1S/C14H21NO4.2C2H4O2.ClH/c1-9(16)19-13(8-15-14(2,3)4)10-5-11(17)7-12(18)6-10;2*1-2(3)4;/h5-7,13,15,17-18H,8H2,1-4H3;2*1H3,(H,3,4);1H. The van der Waals surface area contributed by atoms with Gasteiger partial charge in [0.2, 0.25) is 0 Å². The summed E-state index contributed by atoms with van der Waals surface area (Å²) in [6.07, 6.45) is -0.560. The van der Waals surface area contributed by atoms with Crippen molar-refractivity contribution in [2.45, 2.75) is 53.2 Å². The highest BCUT2D eigenvalue weighted by molar-refractivity contribution is 5.85. The van der Waals surface area contributed by atoms with E-state index in [1.165, 1.54) is 25.1 Å². The van der Waals surface area contributed by atoms with Gasteiger partial charge in [-0.3, -0.25) is 14.4 Å². The summed E-state index contributed by atoms with van der Waals surface area (Å²) >= 11 is 0. The van der Waals surface area contributed by atoms with Gasteiger partial charge in [-0.2, -0.15) is 0 Å². The molecule has 0 amide bonds. The smallest absolute Gasteiger partial charge is 0.303 e. The second kappa shape index (κ2) is 14.5. The molecule has 0 aliphatic carbocycles. The highest BCUT2D eigenvalue weighted by Crippen LogP contribution is 2.27. The number of aromatic hydroxyl groups is 2. The molecule has 1 aromatic rings. The number of carbonyl (C=O) groups is 3. The lowest BCUT2D eigenvalue weighted by molar-refractivity contribution is -0.146. The van der Waals surface area contributed by atoms with E-state index in [0.717, 1.165) is 13.8 Å². The topological polar surface area (TPSA) is 153 Å². The van der Waals surface area contributed by atoms with Crippen LogP contribution in [-0.2, 0) is 19.1 Å². The summed E-state index contributed by atoms with van der Waals surface area (Å²) in [7, 11) is 0. The molecular weight excluding hydrogens is 394 g/mol. The number of hydrogen-bond acceptors (Lipinski definition) is 7. The Kier molecular flexibility index (Phi) is 15.7. The van der Waals surface area contributed by atoms with Gasteiger partial charge in [-0.15, -0.1) is 12.4 Å². The molecule has 1 rings (SSSR count). The molecule has 162 valence electrons. The molecule has 0 heterocycles. The van der Waals surface area contributed by atoms with Crippen molar-refractivity contribution in [1.29, 1.82) is 0 Å². The normalized spacial score (nSPS) is 10.6. The van der Waals surface area contributed by atoms with E-state index in [9.17, 15) is 15.0 Å². The monoisotopic (exact) mass is 423 g/mol. The lowest BCUT2D eigenvalue weighted by Crippen LogP contribution is -2.39. The van der Waals surface area contributed by atoms with Crippen LogP contribution < -0.4 is 5.32 Å². The fourth-order valence-electron chi connectivity index (χ4n) is 1.63. The van der Waals surface area contributed by atoms with Gasteiger partial charge in [0, 0.05) is 44.5 Å². The summed E-state index contributed by atoms with van der Waals surface area (Å²) in [5.74, 6) is -2.21. The van der Waals surface area contributed by atoms with E-state index in [2.05, 4.69) is 5.32 Å². The number of esters is 1.